The Morgan fingerprint density at radius 3 is 2.57 bits per heavy atom. The van der Waals surface area contributed by atoms with E-state index in [1.54, 1.807) is 7.11 Å². The van der Waals surface area contributed by atoms with Crippen molar-refractivity contribution in [1.82, 2.24) is 9.97 Å². The van der Waals surface area contributed by atoms with Crippen molar-refractivity contribution >= 4 is 23.1 Å². The summed E-state index contributed by atoms with van der Waals surface area (Å²) in [5.41, 5.74) is 7.40. The van der Waals surface area contributed by atoms with Gasteiger partial charge < -0.3 is 15.8 Å². The summed E-state index contributed by atoms with van der Waals surface area (Å²) in [4.78, 5) is 8.59. The molecule has 1 aromatic carbocycles. The van der Waals surface area contributed by atoms with Crippen molar-refractivity contribution in [3.05, 3.63) is 40.8 Å². The van der Waals surface area contributed by atoms with Gasteiger partial charge in [-0.05, 0) is 24.1 Å². The fraction of sp³-hybridized carbons (Fsp3) is 0.333. The number of halogens is 1. The molecule has 0 aliphatic heterocycles. The minimum absolute atomic E-state index is 0.297. The first-order valence-electron chi connectivity index (χ1n) is 6.82. The third kappa shape index (κ3) is 3.98. The van der Waals surface area contributed by atoms with Crippen LogP contribution in [0.2, 0.25) is 5.15 Å². The van der Waals surface area contributed by atoms with Crippen molar-refractivity contribution in [3.63, 3.8) is 0 Å². The standard InChI is InChI=1S/C15H19ClN4O/c1-3-4-12-19-14(16)13(17)15(20-12)18-9-10-5-7-11(21-2)8-6-10/h5-8H,3-4,9,17H2,1-2H3,(H,18,19,20). The summed E-state index contributed by atoms with van der Waals surface area (Å²) in [5, 5.41) is 3.50. The number of ether oxygens (including phenoxy) is 1. The Bertz CT molecular complexity index is 601. The van der Waals surface area contributed by atoms with Gasteiger partial charge in [-0.2, -0.15) is 0 Å². The van der Waals surface area contributed by atoms with Crippen LogP contribution in [-0.2, 0) is 13.0 Å². The molecular weight excluding hydrogens is 288 g/mol. The molecule has 2 aromatic rings. The molecule has 1 heterocycles. The van der Waals surface area contributed by atoms with Gasteiger partial charge in [0.2, 0.25) is 0 Å². The molecule has 2 rings (SSSR count). The lowest BCUT2D eigenvalue weighted by Crippen LogP contribution is -2.08. The summed E-state index contributed by atoms with van der Waals surface area (Å²) in [5.74, 6) is 2.11. The van der Waals surface area contributed by atoms with Crippen LogP contribution in [0.4, 0.5) is 11.5 Å². The maximum Gasteiger partial charge on any atom is 0.157 e. The number of nitrogens with zero attached hydrogens (tertiary/aromatic N) is 2. The first kappa shape index (κ1) is 15.4. The third-order valence-corrected chi connectivity index (χ3v) is 3.33. The number of hydrogen-bond donors (Lipinski definition) is 2. The van der Waals surface area contributed by atoms with Crippen LogP contribution in [0.5, 0.6) is 5.75 Å². The number of methoxy groups -OCH3 is 1. The summed E-state index contributed by atoms with van der Waals surface area (Å²) >= 11 is 6.04. The van der Waals surface area contributed by atoms with Crippen LogP contribution in [0.1, 0.15) is 24.7 Å². The van der Waals surface area contributed by atoms with Gasteiger partial charge in [0.05, 0.1) is 7.11 Å². The SMILES string of the molecule is CCCc1nc(Cl)c(N)c(NCc2ccc(OC)cc2)n1. The summed E-state index contributed by atoms with van der Waals surface area (Å²) in [7, 11) is 1.64. The monoisotopic (exact) mass is 306 g/mol. The second-order valence-corrected chi connectivity index (χ2v) is 5.00. The topological polar surface area (TPSA) is 73.1 Å². The molecule has 0 radical (unpaired) electrons. The number of aromatic nitrogens is 2. The first-order valence-corrected chi connectivity index (χ1v) is 7.20. The molecule has 112 valence electrons. The highest BCUT2D eigenvalue weighted by Crippen LogP contribution is 2.24. The number of hydrogen-bond acceptors (Lipinski definition) is 5. The third-order valence-electron chi connectivity index (χ3n) is 3.04. The lowest BCUT2D eigenvalue weighted by Gasteiger charge is -2.11. The molecule has 0 spiro atoms. The highest BCUT2D eigenvalue weighted by Gasteiger charge is 2.09. The minimum Gasteiger partial charge on any atom is -0.497 e. The van der Waals surface area contributed by atoms with Gasteiger partial charge in [0.25, 0.3) is 0 Å². The zero-order valence-electron chi connectivity index (χ0n) is 12.2. The molecule has 0 bridgehead atoms. The van der Waals surface area contributed by atoms with Crippen molar-refractivity contribution < 1.29 is 4.74 Å². The molecule has 0 atom stereocenters. The highest BCUT2D eigenvalue weighted by molar-refractivity contribution is 6.32. The molecule has 21 heavy (non-hydrogen) atoms. The molecule has 0 fully saturated rings. The molecule has 1 aromatic heterocycles. The number of rotatable bonds is 6. The van der Waals surface area contributed by atoms with E-state index in [0.717, 1.165) is 24.2 Å². The molecule has 0 unspecified atom stereocenters. The van der Waals surface area contributed by atoms with Gasteiger partial charge in [-0.3, -0.25) is 0 Å². The van der Waals surface area contributed by atoms with Gasteiger partial charge in [-0.15, -0.1) is 0 Å². The van der Waals surface area contributed by atoms with E-state index in [4.69, 9.17) is 22.1 Å². The Balaban J connectivity index is 2.11. The van der Waals surface area contributed by atoms with E-state index < -0.39 is 0 Å². The minimum atomic E-state index is 0.297. The van der Waals surface area contributed by atoms with Crippen LogP contribution < -0.4 is 15.8 Å². The molecule has 0 saturated carbocycles. The second kappa shape index (κ2) is 7.13. The Kier molecular flexibility index (Phi) is 5.22. The van der Waals surface area contributed by atoms with Crippen molar-refractivity contribution in [3.8, 4) is 5.75 Å². The van der Waals surface area contributed by atoms with Crippen molar-refractivity contribution in [2.24, 2.45) is 0 Å². The molecule has 0 amide bonds. The van der Waals surface area contributed by atoms with Crippen molar-refractivity contribution in [2.45, 2.75) is 26.3 Å². The Morgan fingerprint density at radius 1 is 1.24 bits per heavy atom. The smallest absolute Gasteiger partial charge is 0.157 e. The van der Waals surface area contributed by atoms with Crippen LogP contribution >= 0.6 is 11.6 Å². The Labute approximate surface area is 129 Å². The molecule has 0 aliphatic carbocycles. The van der Waals surface area contributed by atoms with Gasteiger partial charge >= 0.3 is 0 Å². The molecule has 3 N–H and O–H groups in total. The van der Waals surface area contributed by atoms with E-state index >= 15 is 0 Å². The number of nitrogens with two attached hydrogens (primary N) is 1. The molecule has 0 saturated heterocycles. The molecule has 0 aliphatic rings. The van der Waals surface area contributed by atoms with Gasteiger partial charge in [-0.1, -0.05) is 30.7 Å². The number of nitrogens with one attached hydrogen (secondary N) is 1. The summed E-state index contributed by atoms with van der Waals surface area (Å²) < 4.78 is 5.13. The fourth-order valence-corrected chi connectivity index (χ4v) is 2.07. The summed E-state index contributed by atoms with van der Waals surface area (Å²) in [6.07, 6.45) is 1.73. The van der Waals surface area contributed by atoms with Crippen molar-refractivity contribution in [2.75, 3.05) is 18.2 Å². The maximum absolute atomic E-state index is 6.04. The zero-order valence-corrected chi connectivity index (χ0v) is 12.9. The van der Waals surface area contributed by atoms with Crippen molar-refractivity contribution in [1.29, 1.82) is 0 Å². The van der Waals surface area contributed by atoms with E-state index in [9.17, 15) is 0 Å². The fourth-order valence-electron chi connectivity index (χ4n) is 1.88. The van der Waals surface area contributed by atoms with Crippen LogP contribution in [0.15, 0.2) is 24.3 Å². The van der Waals surface area contributed by atoms with E-state index in [1.165, 1.54) is 0 Å². The van der Waals surface area contributed by atoms with E-state index in [-0.39, 0.29) is 0 Å². The average molecular weight is 307 g/mol. The van der Waals surface area contributed by atoms with Crippen LogP contribution in [-0.4, -0.2) is 17.1 Å². The summed E-state index contributed by atoms with van der Waals surface area (Å²) in [6.45, 7) is 2.67. The second-order valence-electron chi connectivity index (χ2n) is 4.64. The predicted octanol–water partition coefficient (Wildman–Crippen LogP) is 3.29. The van der Waals surface area contributed by atoms with Gasteiger partial charge in [0, 0.05) is 13.0 Å². The van der Waals surface area contributed by atoms with Crippen LogP contribution in [0.3, 0.4) is 0 Å². The van der Waals surface area contributed by atoms with Crippen LogP contribution in [0.25, 0.3) is 0 Å². The average Bonchev–Trinajstić information content (AvgIpc) is 2.50. The largest absolute Gasteiger partial charge is 0.497 e. The lowest BCUT2D eigenvalue weighted by molar-refractivity contribution is 0.414. The highest BCUT2D eigenvalue weighted by atomic mass is 35.5. The Morgan fingerprint density at radius 2 is 1.95 bits per heavy atom. The van der Waals surface area contributed by atoms with E-state index in [2.05, 4.69) is 22.2 Å². The molecular formula is C15H19ClN4O. The molecule has 5 nitrogen and oxygen atoms in total. The number of aryl methyl sites for hydroxylation is 1. The van der Waals surface area contributed by atoms with Gasteiger partial charge in [-0.25, -0.2) is 9.97 Å². The zero-order chi connectivity index (χ0) is 15.2. The number of anilines is 2. The summed E-state index contributed by atoms with van der Waals surface area (Å²) in [6, 6.07) is 7.79. The maximum atomic E-state index is 6.04. The number of benzene rings is 1. The predicted molar refractivity (Wildman–Crippen MR) is 85.8 cm³/mol. The Hall–Kier alpha value is -2.01. The quantitative estimate of drug-likeness (QED) is 0.801. The first-order chi connectivity index (χ1) is 10.1. The molecule has 6 heteroatoms. The lowest BCUT2D eigenvalue weighted by atomic mass is 10.2. The van der Waals surface area contributed by atoms with E-state index in [1.807, 2.05) is 24.3 Å². The normalized spacial score (nSPS) is 10.4. The van der Waals surface area contributed by atoms with Gasteiger partial charge in [0.1, 0.15) is 17.3 Å². The van der Waals surface area contributed by atoms with Crippen LogP contribution in [0, 0.1) is 0 Å². The number of nitrogen functional groups attached to an aromatic ring is 1. The van der Waals surface area contributed by atoms with E-state index in [0.29, 0.717) is 29.0 Å². The van der Waals surface area contributed by atoms with Gasteiger partial charge in [0.15, 0.2) is 11.0 Å².